The van der Waals surface area contributed by atoms with Gasteiger partial charge >= 0.3 is 0 Å². The molecule has 0 heterocycles. The van der Waals surface area contributed by atoms with Crippen LogP contribution in [0, 0.1) is 5.92 Å². The van der Waals surface area contributed by atoms with E-state index in [0.29, 0.717) is 5.92 Å². The minimum atomic E-state index is -0.0502. The average molecular weight is 142 g/mol. The van der Waals surface area contributed by atoms with E-state index < -0.39 is 0 Å². The van der Waals surface area contributed by atoms with Gasteiger partial charge in [-0.05, 0) is 32.8 Å². The van der Waals surface area contributed by atoms with Gasteiger partial charge in [0.05, 0.1) is 11.9 Å². The Morgan fingerprint density at radius 1 is 1.20 bits per heavy atom. The van der Waals surface area contributed by atoms with E-state index in [1.807, 2.05) is 26.8 Å². The maximum Gasteiger partial charge on any atom is 0.0998 e. The van der Waals surface area contributed by atoms with E-state index in [-0.39, 0.29) is 5.60 Å². The lowest BCUT2D eigenvalue weighted by molar-refractivity contribution is 0.0758. The Bertz CT molecular complexity index is 106. The first kappa shape index (κ1) is 9.54. The predicted octanol–water partition coefficient (Wildman–Crippen LogP) is 2.97. The smallest absolute Gasteiger partial charge is 0.0998 e. The molecule has 0 aromatic carbocycles. The van der Waals surface area contributed by atoms with Gasteiger partial charge in [0.25, 0.3) is 0 Å². The topological polar surface area (TPSA) is 9.23 Å². The van der Waals surface area contributed by atoms with Gasteiger partial charge in [0, 0.05) is 0 Å². The summed E-state index contributed by atoms with van der Waals surface area (Å²) in [4.78, 5) is 0. The molecule has 0 bridgehead atoms. The number of hydrogen-bond acceptors (Lipinski definition) is 1. The van der Waals surface area contributed by atoms with Crippen molar-refractivity contribution in [3.05, 3.63) is 12.3 Å². The van der Waals surface area contributed by atoms with Crippen LogP contribution in [-0.4, -0.2) is 5.60 Å². The van der Waals surface area contributed by atoms with Gasteiger partial charge in [0.1, 0.15) is 0 Å². The highest BCUT2D eigenvalue weighted by atomic mass is 16.5. The van der Waals surface area contributed by atoms with E-state index in [4.69, 9.17) is 4.74 Å². The standard InChI is InChI=1S/C9H18O/c1-8(2)6-7-10-9(3,4)5/h6-8H,1-5H3. The van der Waals surface area contributed by atoms with Crippen molar-refractivity contribution >= 4 is 0 Å². The Morgan fingerprint density at radius 3 is 2.00 bits per heavy atom. The SMILES string of the molecule is CC(C)C=COC(C)(C)C. The number of hydrogen-bond donors (Lipinski definition) is 0. The fourth-order valence-corrected chi connectivity index (χ4v) is 0.401. The van der Waals surface area contributed by atoms with Crippen LogP contribution in [0.2, 0.25) is 0 Å². The quantitative estimate of drug-likeness (QED) is 0.538. The van der Waals surface area contributed by atoms with Crippen molar-refractivity contribution < 1.29 is 4.74 Å². The molecule has 10 heavy (non-hydrogen) atoms. The van der Waals surface area contributed by atoms with Crippen LogP contribution in [0.5, 0.6) is 0 Å². The third kappa shape index (κ3) is 7.54. The fourth-order valence-electron chi connectivity index (χ4n) is 0.401. The molecule has 0 spiro atoms. The molecule has 0 aromatic rings. The third-order valence-corrected chi connectivity index (χ3v) is 0.885. The molecule has 0 aliphatic rings. The highest BCUT2D eigenvalue weighted by molar-refractivity contribution is 4.79. The fraction of sp³-hybridized carbons (Fsp3) is 0.778. The minimum absolute atomic E-state index is 0.0502. The van der Waals surface area contributed by atoms with Gasteiger partial charge in [0.2, 0.25) is 0 Å². The third-order valence-electron chi connectivity index (χ3n) is 0.885. The van der Waals surface area contributed by atoms with Gasteiger partial charge in [0.15, 0.2) is 0 Å². The lowest BCUT2D eigenvalue weighted by Crippen LogP contribution is -2.15. The summed E-state index contributed by atoms with van der Waals surface area (Å²) in [5, 5.41) is 0. The second-order valence-corrected chi connectivity index (χ2v) is 3.80. The van der Waals surface area contributed by atoms with Gasteiger partial charge < -0.3 is 4.74 Å². The van der Waals surface area contributed by atoms with Crippen molar-refractivity contribution in [2.75, 3.05) is 0 Å². The van der Waals surface area contributed by atoms with Crippen molar-refractivity contribution in [3.63, 3.8) is 0 Å². The normalized spacial score (nSPS) is 13.0. The van der Waals surface area contributed by atoms with Crippen molar-refractivity contribution in [2.24, 2.45) is 5.92 Å². The summed E-state index contributed by atoms with van der Waals surface area (Å²) in [7, 11) is 0. The molecule has 0 aliphatic heterocycles. The first-order chi connectivity index (χ1) is 4.42. The van der Waals surface area contributed by atoms with Crippen molar-refractivity contribution in [1.82, 2.24) is 0 Å². The van der Waals surface area contributed by atoms with E-state index in [9.17, 15) is 0 Å². The van der Waals surface area contributed by atoms with Crippen molar-refractivity contribution in [2.45, 2.75) is 40.2 Å². The lowest BCUT2D eigenvalue weighted by atomic mass is 10.2. The first-order valence-electron chi connectivity index (χ1n) is 3.76. The molecule has 1 nitrogen and oxygen atoms in total. The first-order valence-corrected chi connectivity index (χ1v) is 3.76. The Balaban J connectivity index is 3.54. The zero-order chi connectivity index (χ0) is 8.20. The van der Waals surface area contributed by atoms with Crippen LogP contribution in [0.25, 0.3) is 0 Å². The lowest BCUT2D eigenvalue weighted by Gasteiger charge is -2.17. The molecule has 0 rings (SSSR count). The van der Waals surface area contributed by atoms with Gasteiger partial charge in [-0.3, -0.25) is 0 Å². The van der Waals surface area contributed by atoms with Crippen LogP contribution < -0.4 is 0 Å². The predicted molar refractivity (Wildman–Crippen MR) is 44.8 cm³/mol. The van der Waals surface area contributed by atoms with Crippen LogP contribution in [0.15, 0.2) is 12.3 Å². The average Bonchev–Trinajstić information content (AvgIpc) is 1.59. The molecule has 0 fully saturated rings. The van der Waals surface area contributed by atoms with Crippen LogP contribution in [0.4, 0.5) is 0 Å². The summed E-state index contributed by atoms with van der Waals surface area (Å²) in [5.41, 5.74) is -0.0502. The van der Waals surface area contributed by atoms with Gasteiger partial charge in [-0.1, -0.05) is 13.8 Å². The van der Waals surface area contributed by atoms with E-state index in [1.165, 1.54) is 0 Å². The molecule has 0 N–H and O–H groups in total. The summed E-state index contributed by atoms with van der Waals surface area (Å²) in [6.45, 7) is 10.4. The molecular formula is C9H18O. The maximum atomic E-state index is 5.36. The largest absolute Gasteiger partial charge is 0.496 e. The zero-order valence-corrected chi connectivity index (χ0v) is 7.64. The molecule has 0 radical (unpaired) electrons. The Morgan fingerprint density at radius 2 is 1.70 bits per heavy atom. The second kappa shape index (κ2) is 3.65. The van der Waals surface area contributed by atoms with E-state index in [1.54, 1.807) is 6.26 Å². The molecule has 1 heteroatoms. The molecule has 60 valence electrons. The number of allylic oxidation sites excluding steroid dienone is 1. The van der Waals surface area contributed by atoms with Crippen molar-refractivity contribution in [3.8, 4) is 0 Å². The van der Waals surface area contributed by atoms with E-state index in [2.05, 4.69) is 13.8 Å². The summed E-state index contributed by atoms with van der Waals surface area (Å²) in [6, 6.07) is 0. The minimum Gasteiger partial charge on any atom is -0.496 e. The Kier molecular flexibility index (Phi) is 3.48. The molecule has 0 aromatic heterocycles. The Hall–Kier alpha value is -0.460. The number of ether oxygens (including phenoxy) is 1. The summed E-state index contributed by atoms with van der Waals surface area (Å²) < 4.78 is 5.36. The van der Waals surface area contributed by atoms with Gasteiger partial charge in [-0.25, -0.2) is 0 Å². The second-order valence-electron chi connectivity index (χ2n) is 3.80. The monoisotopic (exact) mass is 142 g/mol. The van der Waals surface area contributed by atoms with Gasteiger partial charge in [-0.15, -0.1) is 0 Å². The highest BCUT2D eigenvalue weighted by Gasteiger charge is 2.06. The summed E-state index contributed by atoms with van der Waals surface area (Å²) in [6.07, 6.45) is 3.83. The Labute approximate surface area is 64.1 Å². The van der Waals surface area contributed by atoms with Crippen molar-refractivity contribution in [1.29, 1.82) is 0 Å². The summed E-state index contributed by atoms with van der Waals surface area (Å²) >= 11 is 0. The van der Waals surface area contributed by atoms with Gasteiger partial charge in [-0.2, -0.15) is 0 Å². The molecule has 0 amide bonds. The van der Waals surface area contributed by atoms with Crippen LogP contribution in [0.1, 0.15) is 34.6 Å². The molecule has 0 saturated heterocycles. The molecule has 0 aliphatic carbocycles. The van der Waals surface area contributed by atoms with E-state index in [0.717, 1.165) is 0 Å². The molecular weight excluding hydrogens is 124 g/mol. The zero-order valence-electron chi connectivity index (χ0n) is 7.64. The highest BCUT2D eigenvalue weighted by Crippen LogP contribution is 2.07. The molecule has 0 atom stereocenters. The van der Waals surface area contributed by atoms with Crippen LogP contribution >= 0.6 is 0 Å². The number of rotatable bonds is 2. The van der Waals surface area contributed by atoms with E-state index >= 15 is 0 Å². The molecule has 0 saturated carbocycles. The molecule has 0 unspecified atom stereocenters. The van der Waals surface area contributed by atoms with Crippen LogP contribution in [0.3, 0.4) is 0 Å². The summed E-state index contributed by atoms with van der Waals surface area (Å²) in [5.74, 6) is 0.572. The maximum absolute atomic E-state index is 5.36. The van der Waals surface area contributed by atoms with Crippen LogP contribution in [-0.2, 0) is 4.74 Å².